The molecule has 3 rings (SSSR count). The van der Waals surface area contributed by atoms with E-state index in [0.29, 0.717) is 24.8 Å². The van der Waals surface area contributed by atoms with Crippen LogP contribution in [0.15, 0.2) is 38.2 Å². The van der Waals surface area contributed by atoms with Crippen LogP contribution in [0.2, 0.25) is 0 Å². The van der Waals surface area contributed by atoms with E-state index < -0.39 is 0 Å². The van der Waals surface area contributed by atoms with Gasteiger partial charge in [-0.15, -0.1) is 0 Å². The van der Waals surface area contributed by atoms with Crippen molar-refractivity contribution in [3.8, 4) is 0 Å². The van der Waals surface area contributed by atoms with Crippen molar-refractivity contribution in [3.05, 3.63) is 29.6 Å². The summed E-state index contributed by atoms with van der Waals surface area (Å²) >= 11 is 0. The molecule has 0 aliphatic carbocycles. The summed E-state index contributed by atoms with van der Waals surface area (Å²) in [5.74, 6) is 1.37. The van der Waals surface area contributed by atoms with Crippen LogP contribution >= 0.6 is 0 Å². The van der Waals surface area contributed by atoms with E-state index in [-0.39, 0.29) is 54.3 Å². The molecule has 0 N–H and O–H groups in total. The third-order valence-corrected chi connectivity index (χ3v) is 2.28. The van der Waals surface area contributed by atoms with Crippen LogP contribution in [0.25, 0.3) is 0 Å². The second kappa shape index (κ2) is 10.0. The Morgan fingerprint density at radius 2 is 1.20 bits per heavy atom. The molecule has 1 aromatic rings. The van der Waals surface area contributed by atoms with Gasteiger partial charge in [0.25, 0.3) is 0 Å². The molecule has 5 nitrogen and oxygen atoms in total. The smallest absolute Gasteiger partial charge is 1.00 e. The molecule has 0 atom stereocenters. The summed E-state index contributed by atoms with van der Waals surface area (Å²) in [4.78, 5) is 21.2. The topological polar surface area (TPSA) is 62.3 Å². The van der Waals surface area contributed by atoms with Gasteiger partial charge in [0.15, 0.2) is 11.7 Å². The van der Waals surface area contributed by atoms with Crippen LogP contribution in [0.4, 0.5) is 0 Å². The van der Waals surface area contributed by atoms with Crippen LogP contribution in [0.3, 0.4) is 0 Å². The molecular formula is C11H9Cl3FeN5. The van der Waals surface area contributed by atoms with E-state index in [1.165, 1.54) is 0 Å². The van der Waals surface area contributed by atoms with Crippen molar-refractivity contribution in [2.75, 3.05) is 13.1 Å². The van der Waals surface area contributed by atoms with Gasteiger partial charge < -0.3 is 37.2 Å². The molecule has 0 saturated heterocycles. The Morgan fingerprint density at radius 3 is 1.55 bits per heavy atom. The molecule has 3 heterocycles. The zero-order valence-electron chi connectivity index (χ0n) is 10.0. The fourth-order valence-electron chi connectivity index (χ4n) is 1.57. The van der Waals surface area contributed by atoms with Gasteiger partial charge in [-0.3, -0.25) is 9.98 Å². The summed E-state index contributed by atoms with van der Waals surface area (Å²) < 4.78 is 0. The van der Waals surface area contributed by atoms with Crippen molar-refractivity contribution in [3.63, 3.8) is 0 Å². The maximum Gasteiger partial charge on any atom is 3.00 e. The van der Waals surface area contributed by atoms with Crippen LogP contribution in [0.5, 0.6) is 0 Å². The molecule has 0 amide bonds. The fourth-order valence-corrected chi connectivity index (χ4v) is 1.57. The predicted octanol–water partition coefficient (Wildman–Crippen LogP) is -8.25. The first-order valence-electron chi connectivity index (χ1n) is 5.05. The molecule has 0 fully saturated rings. The summed E-state index contributed by atoms with van der Waals surface area (Å²) in [6, 6.07) is 5.71. The van der Waals surface area contributed by atoms with E-state index in [9.17, 15) is 0 Å². The Hall–Kier alpha value is -0.781. The number of nitrogens with zero attached hydrogens (tertiary/aromatic N) is 5. The summed E-state index contributed by atoms with van der Waals surface area (Å²) in [5.41, 5.74) is 1.55. The van der Waals surface area contributed by atoms with Gasteiger partial charge in [-0.05, 0) is 12.1 Å². The van der Waals surface area contributed by atoms with Gasteiger partial charge in [0.1, 0.15) is 11.4 Å². The van der Waals surface area contributed by atoms with Crippen molar-refractivity contribution in [2.45, 2.75) is 0 Å². The fraction of sp³-hybridized carbons (Fsp3) is 0.182. The Balaban J connectivity index is 0. The van der Waals surface area contributed by atoms with Gasteiger partial charge in [-0.2, -0.15) is 0 Å². The Morgan fingerprint density at radius 1 is 0.750 bits per heavy atom. The number of amidine groups is 2. The monoisotopic (exact) mass is 372 g/mol. The second-order valence-corrected chi connectivity index (χ2v) is 3.36. The zero-order valence-corrected chi connectivity index (χ0v) is 13.4. The number of hydrogen-bond acceptors (Lipinski definition) is 5. The van der Waals surface area contributed by atoms with E-state index in [1.54, 1.807) is 12.4 Å². The molecule has 20 heavy (non-hydrogen) atoms. The molecule has 0 bridgehead atoms. The average Bonchev–Trinajstić information content (AvgIpc) is 3.03. The van der Waals surface area contributed by atoms with Gasteiger partial charge in [0, 0.05) is 12.4 Å². The van der Waals surface area contributed by atoms with Gasteiger partial charge in [0.2, 0.25) is 0 Å². The number of rotatable bonds is 2. The molecule has 107 valence electrons. The molecule has 0 saturated carbocycles. The Labute approximate surface area is 145 Å². The van der Waals surface area contributed by atoms with E-state index in [4.69, 9.17) is 0 Å². The number of aliphatic imine (C=N–C) groups is 4. The summed E-state index contributed by atoms with van der Waals surface area (Å²) in [5, 5.41) is 0. The van der Waals surface area contributed by atoms with E-state index in [0.717, 1.165) is 11.4 Å². The number of aromatic nitrogens is 1. The van der Waals surface area contributed by atoms with E-state index in [1.807, 2.05) is 18.2 Å². The third-order valence-electron chi connectivity index (χ3n) is 2.28. The normalized spacial score (nSPS) is 14.2. The van der Waals surface area contributed by atoms with Gasteiger partial charge >= 0.3 is 17.1 Å². The molecule has 0 unspecified atom stereocenters. The van der Waals surface area contributed by atoms with Crippen LogP contribution in [0, 0.1) is 0 Å². The summed E-state index contributed by atoms with van der Waals surface area (Å²) in [6.07, 6.45) is 3.55. The number of halogens is 3. The van der Waals surface area contributed by atoms with Gasteiger partial charge in [0.05, 0.1) is 13.1 Å². The molecule has 9 heteroatoms. The molecular weight excluding hydrogens is 364 g/mol. The largest absolute Gasteiger partial charge is 3.00 e. The van der Waals surface area contributed by atoms with E-state index >= 15 is 0 Å². The maximum absolute atomic E-state index is 4.45. The standard InChI is InChI=1S/C11H9N5.3ClH.Fe/c1-2-8(10-12-4-5-13-10)16-9(3-1)11-14-6-7-15-11;;;;/h1-4,6H,5,7H2;3*1H;/q;;;;+3/p-3. The van der Waals surface area contributed by atoms with Crippen LogP contribution in [-0.4, -0.2) is 42.2 Å². The van der Waals surface area contributed by atoms with Crippen molar-refractivity contribution in [2.24, 2.45) is 20.0 Å². The molecule has 2 aliphatic heterocycles. The second-order valence-electron chi connectivity index (χ2n) is 3.36. The molecule has 2 aliphatic rings. The molecule has 0 aromatic carbocycles. The minimum absolute atomic E-state index is 0. The summed E-state index contributed by atoms with van der Waals surface area (Å²) in [7, 11) is 0. The van der Waals surface area contributed by atoms with Crippen molar-refractivity contribution >= 4 is 24.1 Å². The first-order valence-corrected chi connectivity index (χ1v) is 5.05. The molecule has 0 spiro atoms. The average molecular weight is 373 g/mol. The van der Waals surface area contributed by atoms with Gasteiger partial charge in [-0.25, -0.2) is 15.0 Å². The van der Waals surface area contributed by atoms with Crippen molar-refractivity contribution in [1.82, 2.24) is 4.98 Å². The van der Waals surface area contributed by atoms with Crippen molar-refractivity contribution in [1.29, 1.82) is 0 Å². The number of hydrogen-bond donors (Lipinski definition) is 0. The van der Waals surface area contributed by atoms with Crippen LogP contribution in [-0.2, 0) is 17.1 Å². The molecule has 1 radical (unpaired) electrons. The molecule has 1 aromatic heterocycles. The maximum atomic E-state index is 4.45. The first-order chi connectivity index (χ1) is 7.93. The Kier molecular flexibility index (Phi) is 10.8. The number of pyridine rings is 1. The van der Waals surface area contributed by atoms with Crippen LogP contribution in [0.1, 0.15) is 11.4 Å². The summed E-state index contributed by atoms with van der Waals surface area (Å²) in [6.45, 7) is 1.28. The Bertz CT molecular complexity index is 511. The SMILES string of the molecule is C1=NC(c2cccc(C3=NCC=N3)n2)=NC1.[Cl-].[Cl-].[Cl-].[Fe+3]. The zero-order chi connectivity index (χ0) is 10.8. The van der Waals surface area contributed by atoms with Crippen molar-refractivity contribution < 1.29 is 54.3 Å². The first kappa shape index (κ1) is 21.5. The quantitative estimate of drug-likeness (QED) is 0.475. The minimum Gasteiger partial charge on any atom is -1.00 e. The third kappa shape index (κ3) is 4.65. The predicted molar refractivity (Wildman–Crippen MR) is 64.0 cm³/mol. The minimum atomic E-state index is 0. The van der Waals surface area contributed by atoms with Gasteiger partial charge in [-0.1, -0.05) is 6.07 Å². The van der Waals surface area contributed by atoms with E-state index in [2.05, 4.69) is 25.0 Å². The van der Waals surface area contributed by atoms with Crippen LogP contribution < -0.4 is 37.2 Å².